The zero-order valence-corrected chi connectivity index (χ0v) is 43.1. The summed E-state index contributed by atoms with van der Waals surface area (Å²) >= 11 is 0. The third kappa shape index (κ3) is 8.51. The first-order chi connectivity index (χ1) is 38.5. The molecular formula is C71H50O8. The van der Waals surface area contributed by atoms with Crippen molar-refractivity contribution < 1.29 is 38.1 Å². The first-order valence-electron chi connectivity index (χ1n) is 26.0. The van der Waals surface area contributed by atoms with Crippen LogP contribution in [0.25, 0.3) is 43.8 Å². The molecule has 0 fully saturated rings. The SMILES string of the molecule is C=CC(=O)Oc1ccc(C2(C3(C)C=CC(OC(=O)/C=C/C=C\C(=O)Oc4ccc5cc(C6(c7ccc8cc(OC(=O)C=C)ccc8c7)c7ccccc7-c7ccccc76)ccc5c4)=CC3)c3ccccc3-c3ccccc32)cc1. The Kier molecular flexibility index (Phi) is 12.6. The van der Waals surface area contributed by atoms with Crippen LogP contribution in [0, 0.1) is 5.41 Å². The average Bonchev–Trinajstić information content (AvgIpc) is 3.97. The Hall–Kier alpha value is -10.2. The highest BCUT2D eigenvalue weighted by Gasteiger charge is 2.55. The van der Waals surface area contributed by atoms with E-state index >= 15 is 0 Å². The molecule has 0 N–H and O–H groups in total. The first-order valence-corrected chi connectivity index (χ1v) is 26.0. The zero-order valence-electron chi connectivity index (χ0n) is 43.1. The maximum absolute atomic E-state index is 13.2. The van der Waals surface area contributed by atoms with Crippen molar-refractivity contribution in [1.29, 1.82) is 0 Å². The molecule has 3 aliphatic carbocycles. The van der Waals surface area contributed by atoms with E-state index < -0.39 is 40.1 Å². The van der Waals surface area contributed by atoms with Gasteiger partial charge in [-0.05, 0) is 150 Å². The molecule has 1 unspecified atom stereocenters. The maximum atomic E-state index is 13.2. The molecule has 8 heteroatoms. The lowest BCUT2D eigenvalue weighted by molar-refractivity contribution is -0.133. The van der Waals surface area contributed by atoms with Gasteiger partial charge in [-0.15, -0.1) is 0 Å². The summed E-state index contributed by atoms with van der Waals surface area (Å²) in [6.07, 6.45) is 14.1. The fourth-order valence-corrected chi connectivity index (χ4v) is 12.3. The van der Waals surface area contributed by atoms with Gasteiger partial charge in [0.1, 0.15) is 23.0 Å². The Morgan fingerprint density at radius 1 is 0.430 bits per heavy atom. The Morgan fingerprint density at radius 2 is 0.823 bits per heavy atom. The minimum Gasteiger partial charge on any atom is -0.424 e. The van der Waals surface area contributed by atoms with Crippen LogP contribution in [0.2, 0.25) is 0 Å². The monoisotopic (exact) mass is 1030 g/mol. The number of esters is 4. The summed E-state index contributed by atoms with van der Waals surface area (Å²) in [4.78, 5) is 50.3. The first kappa shape index (κ1) is 49.7. The van der Waals surface area contributed by atoms with Crippen LogP contribution in [0.3, 0.4) is 0 Å². The molecule has 0 aliphatic heterocycles. The third-order valence-corrected chi connectivity index (χ3v) is 15.7. The van der Waals surface area contributed by atoms with Crippen molar-refractivity contribution >= 4 is 45.4 Å². The van der Waals surface area contributed by atoms with Gasteiger partial charge in [0.15, 0.2) is 0 Å². The molecule has 1 atom stereocenters. The van der Waals surface area contributed by atoms with E-state index in [1.807, 2.05) is 60.7 Å². The third-order valence-electron chi connectivity index (χ3n) is 15.7. The molecule has 382 valence electrons. The van der Waals surface area contributed by atoms with E-state index in [9.17, 15) is 19.2 Å². The second-order valence-corrected chi connectivity index (χ2v) is 20.0. The molecule has 3 aliphatic rings. The molecule has 0 saturated heterocycles. The lowest BCUT2D eigenvalue weighted by Gasteiger charge is -2.48. The van der Waals surface area contributed by atoms with Gasteiger partial charge >= 0.3 is 23.9 Å². The summed E-state index contributed by atoms with van der Waals surface area (Å²) in [5.74, 6) is -0.606. The number of fused-ring (bicyclic) bond motifs is 8. The van der Waals surface area contributed by atoms with Gasteiger partial charge in [0.25, 0.3) is 0 Å². The molecule has 0 amide bonds. The minimum absolute atomic E-state index is 0.373. The largest absolute Gasteiger partial charge is 0.424 e. The second-order valence-electron chi connectivity index (χ2n) is 20.0. The molecule has 12 rings (SSSR count). The molecule has 0 heterocycles. The second kappa shape index (κ2) is 20.1. The lowest BCUT2D eigenvalue weighted by atomic mass is 9.54. The summed E-state index contributed by atoms with van der Waals surface area (Å²) in [6.45, 7) is 9.25. The standard InChI is InChI=1S/C71H50O8/c1-4-65(72)76-53-36-32-50(33-37-53)71(63-22-12-8-18-59(63)60-19-9-13-23-64(60)71)69(3)40-38-54(39-41-69)77-67(74)24-14-15-25-68(75)79-56-35-29-47-43-52(31-27-49(47)45-56)70(61-20-10-6-16-57(61)58-17-7-11-21-62(58)70)51-30-26-48-44-55(78-66(73)5-2)34-28-46(48)42-51/h4-40,42-45H,1-2,41H2,3H3/b24-14+,25-15-. The molecule has 0 bridgehead atoms. The highest BCUT2D eigenvalue weighted by molar-refractivity contribution is 5.94. The summed E-state index contributed by atoms with van der Waals surface area (Å²) < 4.78 is 22.4. The van der Waals surface area contributed by atoms with Crippen molar-refractivity contribution in [2.75, 3.05) is 0 Å². The van der Waals surface area contributed by atoms with Gasteiger partial charge < -0.3 is 18.9 Å². The van der Waals surface area contributed by atoms with Gasteiger partial charge in [-0.25, -0.2) is 19.2 Å². The van der Waals surface area contributed by atoms with Gasteiger partial charge in [0.2, 0.25) is 0 Å². The smallest absolute Gasteiger partial charge is 0.336 e. The van der Waals surface area contributed by atoms with Crippen molar-refractivity contribution in [3.63, 3.8) is 0 Å². The van der Waals surface area contributed by atoms with E-state index in [1.54, 1.807) is 12.1 Å². The Labute approximate surface area is 457 Å². The summed E-state index contributed by atoms with van der Waals surface area (Å²) in [5, 5.41) is 3.78. The molecule has 8 nitrogen and oxygen atoms in total. The van der Waals surface area contributed by atoms with Crippen LogP contribution < -0.4 is 14.2 Å². The molecule has 0 spiro atoms. The number of carbonyl (C=O) groups is 4. The van der Waals surface area contributed by atoms with Gasteiger partial charge in [-0.3, -0.25) is 0 Å². The lowest BCUT2D eigenvalue weighted by Crippen LogP contribution is -2.44. The summed E-state index contributed by atoms with van der Waals surface area (Å²) in [7, 11) is 0. The highest BCUT2D eigenvalue weighted by Crippen LogP contribution is 2.63. The zero-order chi connectivity index (χ0) is 54.3. The normalized spacial score (nSPS) is 16.1. The molecule has 0 radical (unpaired) electrons. The number of hydrogen-bond acceptors (Lipinski definition) is 8. The van der Waals surface area contributed by atoms with Crippen LogP contribution in [0.15, 0.2) is 268 Å². The van der Waals surface area contributed by atoms with E-state index in [0.717, 1.165) is 83.8 Å². The van der Waals surface area contributed by atoms with Gasteiger partial charge in [0, 0.05) is 29.7 Å². The number of rotatable bonds is 13. The van der Waals surface area contributed by atoms with Crippen LogP contribution in [-0.2, 0) is 34.7 Å². The van der Waals surface area contributed by atoms with Gasteiger partial charge in [-0.1, -0.05) is 184 Å². The summed E-state index contributed by atoms with van der Waals surface area (Å²) in [6, 6.07) is 65.7. The van der Waals surface area contributed by atoms with Crippen LogP contribution in [0.1, 0.15) is 52.3 Å². The maximum Gasteiger partial charge on any atom is 0.336 e. The Morgan fingerprint density at radius 3 is 1.30 bits per heavy atom. The summed E-state index contributed by atoms with van der Waals surface area (Å²) in [5.41, 5.74) is 10.6. The quantitative estimate of drug-likeness (QED) is 0.0487. The van der Waals surface area contributed by atoms with Crippen LogP contribution in [0.4, 0.5) is 0 Å². The van der Waals surface area contributed by atoms with Gasteiger partial charge in [-0.2, -0.15) is 0 Å². The van der Waals surface area contributed by atoms with E-state index in [2.05, 4.69) is 160 Å². The van der Waals surface area contributed by atoms with Crippen LogP contribution in [0.5, 0.6) is 17.2 Å². The Balaban J connectivity index is 0.748. The fourth-order valence-electron chi connectivity index (χ4n) is 12.3. The minimum atomic E-state index is -0.675. The molecule has 0 saturated carbocycles. The van der Waals surface area contributed by atoms with Crippen molar-refractivity contribution in [2.45, 2.75) is 24.2 Å². The fraction of sp³-hybridized carbons (Fsp3) is 0.0704. The number of benzene rings is 9. The number of carbonyl (C=O) groups excluding carboxylic acids is 4. The van der Waals surface area contributed by atoms with E-state index in [-0.39, 0.29) is 0 Å². The van der Waals surface area contributed by atoms with Crippen molar-refractivity contribution in [3.05, 3.63) is 307 Å². The predicted molar refractivity (Wildman–Crippen MR) is 309 cm³/mol. The Bertz CT molecular complexity index is 4060. The van der Waals surface area contributed by atoms with Crippen molar-refractivity contribution in [2.24, 2.45) is 5.41 Å². The number of allylic oxidation sites excluding steroid dienone is 5. The van der Waals surface area contributed by atoms with Crippen LogP contribution in [-0.4, -0.2) is 23.9 Å². The molecular weight excluding hydrogens is 981 g/mol. The average molecular weight is 1030 g/mol. The molecule has 9 aromatic rings. The van der Waals surface area contributed by atoms with E-state index in [1.165, 1.54) is 35.4 Å². The molecule has 9 aromatic carbocycles. The van der Waals surface area contributed by atoms with Crippen LogP contribution >= 0.6 is 0 Å². The highest BCUT2D eigenvalue weighted by atomic mass is 16.5. The van der Waals surface area contributed by atoms with Crippen molar-refractivity contribution in [3.8, 4) is 39.5 Å². The molecule has 0 aromatic heterocycles. The van der Waals surface area contributed by atoms with E-state index in [4.69, 9.17) is 18.9 Å². The van der Waals surface area contributed by atoms with Crippen molar-refractivity contribution in [1.82, 2.24) is 0 Å². The number of hydrogen-bond donors (Lipinski definition) is 0. The van der Waals surface area contributed by atoms with Gasteiger partial charge in [0.05, 0.1) is 10.8 Å². The topological polar surface area (TPSA) is 105 Å². The predicted octanol–water partition coefficient (Wildman–Crippen LogP) is 15.0. The number of ether oxygens (including phenoxy) is 4. The van der Waals surface area contributed by atoms with E-state index in [0.29, 0.717) is 29.4 Å². The molecule has 79 heavy (non-hydrogen) atoms.